The van der Waals surface area contributed by atoms with Gasteiger partial charge in [0.1, 0.15) is 11.5 Å². The number of sulfonamides is 2. The molecule has 1 saturated heterocycles. The Morgan fingerprint density at radius 3 is 2.26 bits per heavy atom. The Hall–Kier alpha value is -2.67. The van der Waals surface area contributed by atoms with Crippen LogP contribution in [0.4, 0.5) is 5.69 Å². The molecular formula is C23H31N3O7S2. The van der Waals surface area contributed by atoms with Crippen LogP contribution in [0.5, 0.6) is 11.5 Å². The SMILES string of the molecule is CCOc1ccc(S(=O)(=O)NCCC(=O)Nc2cc(S(=O)(=O)N3CCCCC3)ccc2OC)cc1. The molecule has 1 fully saturated rings. The Morgan fingerprint density at radius 2 is 1.63 bits per heavy atom. The average molecular weight is 526 g/mol. The van der Waals surface area contributed by atoms with Crippen molar-refractivity contribution in [2.45, 2.75) is 42.4 Å². The Labute approximate surface area is 206 Å². The van der Waals surface area contributed by atoms with Gasteiger partial charge in [-0.15, -0.1) is 0 Å². The van der Waals surface area contributed by atoms with Crippen molar-refractivity contribution in [2.75, 3.05) is 38.7 Å². The van der Waals surface area contributed by atoms with Gasteiger partial charge in [-0.25, -0.2) is 21.6 Å². The maximum atomic E-state index is 13.0. The lowest BCUT2D eigenvalue weighted by molar-refractivity contribution is -0.116. The molecule has 12 heteroatoms. The van der Waals surface area contributed by atoms with E-state index in [0.717, 1.165) is 19.3 Å². The van der Waals surface area contributed by atoms with Crippen molar-refractivity contribution in [1.82, 2.24) is 9.03 Å². The highest BCUT2D eigenvalue weighted by atomic mass is 32.2. The van der Waals surface area contributed by atoms with Gasteiger partial charge in [-0.1, -0.05) is 6.42 Å². The molecule has 0 atom stereocenters. The molecule has 0 saturated carbocycles. The van der Waals surface area contributed by atoms with E-state index in [-0.39, 0.29) is 28.4 Å². The highest BCUT2D eigenvalue weighted by molar-refractivity contribution is 7.89. The zero-order chi connectivity index (χ0) is 25.5. The smallest absolute Gasteiger partial charge is 0.243 e. The monoisotopic (exact) mass is 525 g/mol. The topological polar surface area (TPSA) is 131 Å². The Kier molecular flexibility index (Phi) is 9.11. The third-order valence-corrected chi connectivity index (χ3v) is 8.86. The zero-order valence-electron chi connectivity index (χ0n) is 19.8. The normalized spacial score (nSPS) is 14.9. The zero-order valence-corrected chi connectivity index (χ0v) is 21.5. The number of hydrogen-bond donors (Lipinski definition) is 2. The lowest BCUT2D eigenvalue weighted by atomic mass is 10.2. The fraction of sp³-hybridized carbons (Fsp3) is 0.435. The van der Waals surface area contributed by atoms with Crippen molar-refractivity contribution in [3.8, 4) is 11.5 Å². The van der Waals surface area contributed by atoms with Crippen LogP contribution in [0.3, 0.4) is 0 Å². The highest BCUT2D eigenvalue weighted by Gasteiger charge is 2.27. The third-order valence-electron chi connectivity index (χ3n) is 5.49. The molecular weight excluding hydrogens is 494 g/mol. The summed E-state index contributed by atoms with van der Waals surface area (Å²) in [6, 6.07) is 10.3. The summed E-state index contributed by atoms with van der Waals surface area (Å²) in [6.07, 6.45) is 2.46. The number of nitrogens with one attached hydrogen (secondary N) is 2. The van der Waals surface area contributed by atoms with E-state index in [2.05, 4.69) is 10.0 Å². The fourth-order valence-corrected chi connectivity index (χ4v) is 6.25. The quantitative estimate of drug-likeness (QED) is 0.461. The van der Waals surface area contributed by atoms with Gasteiger partial charge in [0.25, 0.3) is 0 Å². The predicted octanol–water partition coefficient (Wildman–Crippen LogP) is 2.58. The number of rotatable bonds is 11. The summed E-state index contributed by atoms with van der Waals surface area (Å²) in [4.78, 5) is 12.6. The lowest BCUT2D eigenvalue weighted by Gasteiger charge is -2.26. The number of carbonyl (C=O) groups is 1. The van der Waals surface area contributed by atoms with Crippen LogP contribution in [0.2, 0.25) is 0 Å². The first-order valence-electron chi connectivity index (χ1n) is 11.4. The Morgan fingerprint density at radius 1 is 0.971 bits per heavy atom. The Bertz CT molecular complexity index is 1220. The Balaban J connectivity index is 1.63. The summed E-state index contributed by atoms with van der Waals surface area (Å²) in [6.45, 7) is 3.08. The van der Waals surface area contributed by atoms with Crippen LogP contribution in [-0.2, 0) is 24.8 Å². The molecule has 0 bridgehead atoms. The van der Waals surface area contributed by atoms with Crippen molar-refractivity contribution < 1.29 is 31.1 Å². The molecule has 0 aromatic heterocycles. The standard InChI is InChI=1S/C23H31N3O7S2/c1-3-33-18-7-9-19(10-8-18)34(28,29)24-14-13-23(27)25-21-17-20(11-12-22(21)32-2)35(30,31)26-15-5-4-6-16-26/h7-12,17,24H,3-6,13-16H2,1-2H3,(H,25,27). The van der Waals surface area contributed by atoms with E-state index >= 15 is 0 Å². The summed E-state index contributed by atoms with van der Waals surface area (Å²) in [7, 11) is -6.09. The minimum atomic E-state index is -3.81. The van der Waals surface area contributed by atoms with E-state index in [9.17, 15) is 21.6 Å². The largest absolute Gasteiger partial charge is 0.495 e. The van der Waals surface area contributed by atoms with Crippen LogP contribution in [0.25, 0.3) is 0 Å². The number of benzene rings is 2. The van der Waals surface area contributed by atoms with Gasteiger partial charge in [0.2, 0.25) is 26.0 Å². The molecule has 1 aliphatic rings. The van der Waals surface area contributed by atoms with Crippen LogP contribution in [0, 0.1) is 0 Å². The molecule has 2 aromatic carbocycles. The van der Waals surface area contributed by atoms with Gasteiger partial charge >= 0.3 is 0 Å². The molecule has 10 nitrogen and oxygen atoms in total. The highest BCUT2D eigenvalue weighted by Crippen LogP contribution is 2.30. The number of ether oxygens (including phenoxy) is 2. The number of anilines is 1. The fourth-order valence-electron chi connectivity index (χ4n) is 3.68. The first kappa shape index (κ1) is 26.9. The molecule has 0 radical (unpaired) electrons. The number of hydrogen-bond acceptors (Lipinski definition) is 7. The summed E-state index contributed by atoms with van der Waals surface area (Å²) in [5, 5.41) is 2.63. The van der Waals surface area contributed by atoms with E-state index in [1.54, 1.807) is 12.1 Å². The molecule has 2 N–H and O–H groups in total. The molecule has 1 amide bonds. The third kappa shape index (κ3) is 6.94. The summed E-state index contributed by atoms with van der Waals surface area (Å²) in [5.74, 6) is 0.362. The number of nitrogens with zero attached hydrogens (tertiary/aromatic N) is 1. The molecule has 2 aromatic rings. The average Bonchev–Trinajstić information content (AvgIpc) is 2.85. The molecule has 0 unspecified atom stereocenters. The second-order valence-electron chi connectivity index (χ2n) is 7.93. The number of amides is 1. The van der Waals surface area contributed by atoms with Crippen LogP contribution < -0.4 is 19.5 Å². The van der Waals surface area contributed by atoms with E-state index in [1.165, 1.54) is 41.7 Å². The maximum absolute atomic E-state index is 13.0. The lowest BCUT2D eigenvalue weighted by Crippen LogP contribution is -2.35. The minimum Gasteiger partial charge on any atom is -0.495 e. The van der Waals surface area contributed by atoms with Gasteiger partial charge in [-0.05, 0) is 62.2 Å². The van der Waals surface area contributed by atoms with E-state index in [4.69, 9.17) is 9.47 Å². The first-order chi connectivity index (χ1) is 16.7. The van der Waals surface area contributed by atoms with Crippen molar-refractivity contribution in [1.29, 1.82) is 0 Å². The van der Waals surface area contributed by atoms with Gasteiger partial charge in [-0.3, -0.25) is 4.79 Å². The molecule has 35 heavy (non-hydrogen) atoms. The number of methoxy groups -OCH3 is 1. The summed E-state index contributed by atoms with van der Waals surface area (Å²) in [5.41, 5.74) is 0.199. The van der Waals surface area contributed by atoms with Crippen molar-refractivity contribution >= 4 is 31.6 Å². The first-order valence-corrected chi connectivity index (χ1v) is 14.3. The van der Waals surface area contributed by atoms with Crippen molar-refractivity contribution in [3.63, 3.8) is 0 Å². The molecule has 0 aliphatic carbocycles. The molecule has 192 valence electrons. The number of piperidine rings is 1. The van der Waals surface area contributed by atoms with Crippen LogP contribution in [0.1, 0.15) is 32.6 Å². The maximum Gasteiger partial charge on any atom is 0.243 e. The van der Waals surface area contributed by atoms with Crippen molar-refractivity contribution in [2.24, 2.45) is 0 Å². The molecule has 1 heterocycles. The van der Waals surface area contributed by atoms with E-state index in [1.807, 2.05) is 6.92 Å². The van der Waals surface area contributed by atoms with Gasteiger partial charge < -0.3 is 14.8 Å². The van der Waals surface area contributed by atoms with Crippen LogP contribution in [0.15, 0.2) is 52.3 Å². The summed E-state index contributed by atoms with van der Waals surface area (Å²) < 4.78 is 65.3. The van der Waals surface area contributed by atoms with Crippen molar-refractivity contribution in [3.05, 3.63) is 42.5 Å². The second kappa shape index (κ2) is 11.8. The van der Waals surface area contributed by atoms with Gasteiger partial charge in [0, 0.05) is 26.1 Å². The minimum absolute atomic E-state index is 0.0543. The molecule has 3 rings (SSSR count). The van der Waals surface area contributed by atoms with Crippen LogP contribution >= 0.6 is 0 Å². The van der Waals surface area contributed by atoms with E-state index < -0.39 is 26.0 Å². The van der Waals surface area contributed by atoms with Gasteiger partial charge in [0.05, 0.1) is 29.2 Å². The van der Waals surface area contributed by atoms with E-state index in [0.29, 0.717) is 31.2 Å². The number of carbonyl (C=O) groups excluding carboxylic acids is 1. The second-order valence-corrected chi connectivity index (χ2v) is 11.6. The van der Waals surface area contributed by atoms with Gasteiger partial charge in [0.15, 0.2) is 0 Å². The molecule has 1 aliphatic heterocycles. The predicted molar refractivity (Wildman–Crippen MR) is 132 cm³/mol. The molecule has 0 spiro atoms. The summed E-state index contributed by atoms with van der Waals surface area (Å²) >= 11 is 0. The van der Waals surface area contributed by atoms with Gasteiger partial charge in [-0.2, -0.15) is 4.31 Å². The van der Waals surface area contributed by atoms with Crippen LogP contribution in [-0.4, -0.2) is 60.4 Å².